The third kappa shape index (κ3) is 9.46. The van der Waals surface area contributed by atoms with Crippen LogP contribution in [0, 0.1) is 12.7 Å². The van der Waals surface area contributed by atoms with Crippen LogP contribution < -0.4 is 0 Å². The summed E-state index contributed by atoms with van der Waals surface area (Å²) in [6, 6.07) is 10.3. The minimum absolute atomic E-state index is 0.0735. The number of hydrogen-bond donors (Lipinski definition) is 1. The number of hydrogen-bond acceptors (Lipinski definition) is 2. The minimum Gasteiger partial charge on any atom is -0.478 e. The van der Waals surface area contributed by atoms with E-state index < -0.39 is 5.97 Å². The first-order valence-electron chi connectivity index (χ1n) is 10.5. The Labute approximate surface area is 202 Å². The first-order valence-corrected chi connectivity index (χ1v) is 11.3. The zero-order chi connectivity index (χ0) is 25.0. The minimum atomic E-state index is -1.01. The van der Waals surface area contributed by atoms with E-state index in [-0.39, 0.29) is 17.4 Å². The molecule has 0 amide bonds. The van der Waals surface area contributed by atoms with Crippen LogP contribution >= 0.6 is 23.2 Å². The quantitative estimate of drug-likeness (QED) is 0.333. The number of aryl methyl sites for hydroxylation is 2. The van der Waals surface area contributed by atoms with Gasteiger partial charge in [0.25, 0.3) is 0 Å². The molecule has 0 radical (unpaired) electrons. The summed E-state index contributed by atoms with van der Waals surface area (Å²) in [5.41, 5.74) is 4.17. The first-order chi connectivity index (χ1) is 15.0. The van der Waals surface area contributed by atoms with Crippen molar-refractivity contribution in [3.63, 3.8) is 0 Å². The molecular weight excluding hydrogens is 448 g/mol. The van der Waals surface area contributed by atoms with Gasteiger partial charge in [-0.3, -0.25) is 0 Å². The van der Waals surface area contributed by atoms with Crippen LogP contribution in [0.1, 0.15) is 57.4 Å². The summed E-state index contributed by atoms with van der Waals surface area (Å²) in [7, 11) is 1.92. The van der Waals surface area contributed by atoms with Crippen LogP contribution in [0.2, 0.25) is 10.0 Å². The number of benzene rings is 2. The van der Waals surface area contributed by atoms with Crippen molar-refractivity contribution in [2.24, 2.45) is 0 Å². The third-order valence-corrected chi connectivity index (χ3v) is 5.47. The van der Waals surface area contributed by atoms with E-state index in [0.717, 1.165) is 28.8 Å². The fourth-order valence-electron chi connectivity index (χ4n) is 2.80. The second-order valence-electron chi connectivity index (χ2n) is 6.99. The predicted molar refractivity (Wildman–Crippen MR) is 135 cm³/mol. The number of carboxylic acid groups (broad SMARTS) is 1. The van der Waals surface area contributed by atoms with E-state index in [0.29, 0.717) is 10.0 Å². The fourth-order valence-corrected chi connectivity index (χ4v) is 3.28. The molecule has 0 aromatic heterocycles. The highest BCUT2D eigenvalue weighted by Crippen LogP contribution is 2.28. The zero-order valence-corrected chi connectivity index (χ0v) is 21.5. The van der Waals surface area contributed by atoms with Crippen molar-refractivity contribution >= 4 is 29.2 Å². The van der Waals surface area contributed by atoms with E-state index in [1.165, 1.54) is 12.1 Å². The SMILES string of the molecule is C=C(/C=C(/C)N(C)C(C)c1cc(Cl)ccc1C)C(=O)O.CC.CCc1ccc(F)cc1Cl. The second-order valence-corrected chi connectivity index (χ2v) is 7.84. The summed E-state index contributed by atoms with van der Waals surface area (Å²) < 4.78 is 12.4. The molecule has 1 atom stereocenters. The summed E-state index contributed by atoms with van der Waals surface area (Å²) in [5.74, 6) is -1.29. The molecule has 0 spiro atoms. The summed E-state index contributed by atoms with van der Waals surface area (Å²) in [6.07, 6.45) is 2.41. The van der Waals surface area contributed by atoms with E-state index in [9.17, 15) is 9.18 Å². The first kappa shape index (κ1) is 29.7. The Balaban J connectivity index is 0.000000668. The van der Waals surface area contributed by atoms with E-state index in [2.05, 4.69) is 13.5 Å². The Bertz CT molecular complexity index is 941. The Morgan fingerprint density at radius 3 is 2.31 bits per heavy atom. The lowest BCUT2D eigenvalue weighted by Crippen LogP contribution is -2.21. The largest absolute Gasteiger partial charge is 0.478 e. The van der Waals surface area contributed by atoms with Gasteiger partial charge in [-0.1, -0.05) is 62.7 Å². The van der Waals surface area contributed by atoms with Gasteiger partial charge >= 0.3 is 5.97 Å². The highest BCUT2D eigenvalue weighted by atomic mass is 35.5. The number of aliphatic carboxylic acids is 1. The van der Waals surface area contributed by atoms with Gasteiger partial charge < -0.3 is 10.0 Å². The van der Waals surface area contributed by atoms with Crippen LogP contribution in [0.4, 0.5) is 4.39 Å². The van der Waals surface area contributed by atoms with Gasteiger partial charge in [0.2, 0.25) is 0 Å². The molecule has 0 saturated carbocycles. The number of halogens is 3. The Hall–Kier alpha value is -2.30. The average Bonchev–Trinajstić information content (AvgIpc) is 2.76. The van der Waals surface area contributed by atoms with E-state index in [1.807, 2.05) is 64.8 Å². The van der Waals surface area contributed by atoms with E-state index in [1.54, 1.807) is 12.1 Å². The number of nitrogens with zero attached hydrogens (tertiary/aromatic N) is 1. The Morgan fingerprint density at radius 2 is 1.81 bits per heavy atom. The average molecular weight is 482 g/mol. The highest BCUT2D eigenvalue weighted by molar-refractivity contribution is 6.31. The van der Waals surface area contributed by atoms with Crippen LogP contribution in [0.25, 0.3) is 0 Å². The third-order valence-electron chi connectivity index (χ3n) is 4.88. The second kappa shape index (κ2) is 14.7. The number of carboxylic acids is 1. The number of rotatable bonds is 6. The molecule has 3 nitrogen and oxygen atoms in total. The van der Waals surface area contributed by atoms with Crippen molar-refractivity contribution in [1.29, 1.82) is 0 Å². The number of allylic oxidation sites excluding steroid dienone is 1. The van der Waals surface area contributed by atoms with Crippen LogP contribution in [-0.2, 0) is 11.2 Å². The summed E-state index contributed by atoms with van der Waals surface area (Å²) in [4.78, 5) is 12.8. The molecule has 6 heteroatoms. The molecule has 2 rings (SSSR count). The smallest absolute Gasteiger partial charge is 0.335 e. The molecule has 176 valence electrons. The monoisotopic (exact) mass is 481 g/mol. The van der Waals surface area contributed by atoms with E-state index >= 15 is 0 Å². The standard InChI is InChI=1S/C16H20ClNO2.C8H8ClF.C2H6/c1-10-6-7-14(17)9-15(10)13(4)18(5)12(3)8-11(2)16(19)20;1-2-6-3-4-7(10)5-8(6)9;1-2/h6-9,13H,2H2,1,3-5H3,(H,19,20);3-5H,2H2,1H3;1-2H3/b12-8-;;. The molecule has 0 heterocycles. The van der Waals surface area contributed by atoms with E-state index in [4.69, 9.17) is 28.3 Å². The fraction of sp³-hybridized carbons (Fsp3) is 0.346. The molecule has 2 aromatic carbocycles. The molecule has 2 aromatic rings. The van der Waals surface area contributed by atoms with Crippen LogP contribution in [0.15, 0.2) is 60.3 Å². The predicted octanol–water partition coefficient (Wildman–Crippen LogP) is 8.25. The lowest BCUT2D eigenvalue weighted by Gasteiger charge is -2.29. The summed E-state index contributed by atoms with van der Waals surface area (Å²) in [6.45, 7) is 15.5. The van der Waals surface area contributed by atoms with Gasteiger partial charge in [-0.05, 0) is 74.2 Å². The lowest BCUT2D eigenvalue weighted by atomic mass is 10.0. The molecule has 1 N–H and O–H groups in total. The molecule has 0 bridgehead atoms. The van der Waals surface area contributed by atoms with Crippen molar-refractivity contribution in [2.75, 3.05) is 7.05 Å². The number of carbonyl (C=O) groups is 1. The molecular formula is C26H34Cl2FNO2. The normalized spacial score (nSPS) is 11.4. The summed E-state index contributed by atoms with van der Waals surface area (Å²) >= 11 is 11.7. The van der Waals surface area contributed by atoms with Gasteiger partial charge in [-0.15, -0.1) is 0 Å². The molecule has 1 unspecified atom stereocenters. The van der Waals surface area contributed by atoms with Gasteiger partial charge in [-0.2, -0.15) is 0 Å². The van der Waals surface area contributed by atoms with Crippen LogP contribution in [0.3, 0.4) is 0 Å². The van der Waals surface area contributed by atoms with Crippen molar-refractivity contribution in [2.45, 2.75) is 54.0 Å². The maximum absolute atomic E-state index is 12.4. The van der Waals surface area contributed by atoms with Crippen molar-refractivity contribution in [1.82, 2.24) is 4.90 Å². The van der Waals surface area contributed by atoms with Crippen LogP contribution in [0.5, 0.6) is 0 Å². The van der Waals surface area contributed by atoms with Gasteiger partial charge in [0.1, 0.15) is 5.82 Å². The maximum Gasteiger partial charge on any atom is 0.335 e. The van der Waals surface area contributed by atoms with Gasteiger partial charge in [0, 0.05) is 22.8 Å². The molecule has 0 aliphatic carbocycles. The lowest BCUT2D eigenvalue weighted by molar-refractivity contribution is -0.132. The van der Waals surface area contributed by atoms with Crippen molar-refractivity contribution < 1.29 is 14.3 Å². The molecule has 0 saturated heterocycles. The van der Waals surface area contributed by atoms with Crippen LogP contribution in [-0.4, -0.2) is 23.0 Å². The van der Waals surface area contributed by atoms with Gasteiger partial charge in [-0.25, -0.2) is 9.18 Å². The Kier molecular flexibility index (Phi) is 13.6. The van der Waals surface area contributed by atoms with Gasteiger partial charge in [0.15, 0.2) is 0 Å². The van der Waals surface area contributed by atoms with Gasteiger partial charge in [0.05, 0.1) is 11.6 Å². The molecule has 0 aliphatic rings. The maximum atomic E-state index is 12.4. The molecule has 0 fully saturated rings. The summed E-state index contributed by atoms with van der Waals surface area (Å²) in [5, 5.41) is 10.1. The molecule has 0 aliphatic heterocycles. The van der Waals surface area contributed by atoms with Crippen molar-refractivity contribution in [3.05, 3.63) is 92.9 Å². The topological polar surface area (TPSA) is 40.5 Å². The molecule has 32 heavy (non-hydrogen) atoms. The highest BCUT2D eigenvalue weighted by Gasteiger charge is 2.15. The Morgan fingerprint density at radius 1 is 1.22 bits per heavy atom. The van der Waals surface area contributed by atoms with Crippen molar-refractivity contribution in [3.8, 4) is 0 Å². The zero-order valence-electron chi connectivity index (χ0n) is 20.0.